The van der Waals surface area contributed by atoms with Gasteiger partial charge in [0, 0.05) is 11.3 Å². The lowest BCUT2D eigenvalue weighted by Gasteiger charge is -2.14. The van der Waals surface area contributed by atoms with E-state index in [2.05, 4.69) is 29.5 Å². The van der Waals surface area contributed by atoms with Gasteiger partial charge < -0.3 is 4.74 Å². The summed E-state index contributed by atoms with van der Waals surface area (Å²) in [4.78, 5) is 9.07. The molecular formula is C12H14N2O4S2. The minimum atomic E-state index is -3.70. The van der Waals surface area contributed by atoms with Crippen molar-refractivity contribution in [2.24, 2.45) is 0 Å². The largest absolute Gasteiger partial charge is 0.464 e. The van der Waals surface area contributed by atoms with Gasteiger partial charge in [0.25, 0.3) is 10.0 Å². The average Bonchev–Trinajstić information content (AvgIpc) is 2.87. The maximum absolute atomic E-state index is 12.2. The Kier molecular flexibility index (Phi) is 4.88. The van der Waals surface area contributed by atoms with Gasteiger partial charge >= 0.3 is 0 Å². The number of pyridine rings is 1. The summed E-state index contributed by atoms with van der Waals surface area (Å²) >= 11 is 4.18. The average molecular weight is 314 g/mol. The van der Waals surface area contributed by atoms with Gasteiger partial charge in [-0.25, -0.2) is 13.4 Å². The predicted octanol–water partition coefficient (Wildman–Crippen LogP) is 0.718. The third-order valence-electron chi connectivity index (χ3n) is 2.51. The molecule has 1 fully saturated rings. The highest BCUT2D eigenvalue weighted by atomic mass is 32.2. The second-order valence-electron chi connectivity index (χ2n) is 3.99. The van der Waals surface area contributed by atoms with Crippen molar-refractivity contribution in [1.29, 1.82) is 0 Å². The zero-order valence-electron chi connectivity index (χ0n) is 10.8. The summed E-state index contributed by atoms with van der Waals surface area (Å²) in [5.41, 5.74) is 0. The Hall–Kier alpha value is -1.27. The lowest BCUT2D eigenvalue weighted by molar-refractivity contribution is -0.0283. The van der Waals surface area contributed by atoms with Crippen LogP contribution >= 0.6 is 12.6 Å². The molecule has 20 heavy (non-hydrogen) atoms. The Labute approximate surface area is 123 Å². The molecule has 8 heteroatoms. The van der Waals surface area contributed by atoms with Gasteiger partial charge in [-0.05, 0) is 13.0 Å². The number of aromatic nitrogens is 1. The minimum absolute atomic E-state index is 0.0499. The van der Waals surface area contributed by atoms with Crippen molar-refractivity contribution in [1.82, 2.24) is 9.45 Å². The first-order valence-electron chi connectivity index (χ1n) is 5.86. The molecule has 0 aliphatic carbocycles. The first kappa shape index (κ1) is 15.1. The Balaban J connectivity index is 2.10. The van der Waals surface area contributed by atoms with E-state index in [1.54, 1.807) is 6.92 Å². The fourth-order valence-corrected chi connectivity index (χ4v) is 3.08. The van der Waals surface area contributed by atoms with Gasteiger partial charge in [0.1, 0.15) is 4.90 Å². The second-order valence-corrected chi connectivity index (χ2v) is 6.55. The lowest BCUT2D eigenvalue weighted by Crippen LogP contribution is -2.28. The van der Waals surface area contributed by atoms with Crippen LogP contribution in [0.25, 0.3) is 0 Å². The first-order chi connectivity index (χ1) is 9.54. The van der Waals surface area contributed by atoms with Crippen molar-refractivity contribution in [2.45, 2.75) is 17.1 Å². The first-order valence-corrected chi connectivity index (χ1v) is 7.82. The molecule has 1 saturated heterocycles. The Morgan fingerprint density at radius 3 is 2.95 bits per heavy atom. The molecule has 0 bridgehead atoms. The standard InChI is InChI=1S/C12H14N2O4S2/c1-2-3-6-17-12-5-4-11(7-13-12)20(15,16)14-8-10(19)9-18-14/h4-5,7,10,19H,6,8-9H2,1H3. The van der Waals surface area contributed by atoms with Crippen LogP contribution in [-0.2, 0) is 14.9 Å². The van der Waals surface area contributed by atoms with Gasteiger partial charge in [-0.2, -0.15) is 12.6 Å². The van der Waals surface area contributed by atoms with Crippen LogP contribution in [0.3, 0.4) is 0 Å². The Morgan fingerprint density at radius 1 is 1.60 bits per heavy atom. The summed E-state index contributed by atoms with van der Waals surface area (Å²) in [6, 6.07) is 2.91. The molecule has 2 rings (SSSR count). The molecule has 0 saturated carbocycles. The van der Waals surface area contributed by atoms with Gasteiger partial charge in [-0.3, -0.25) is 4.84 Å². The van der Waals surface area contributed by atoms with Gasteiger partial charge in [-0.1, -0.05) is 10.4 Å². The fraction of sp³-hybridized carbons (Fsp3) is 0.417. The van der Waals surface area contributed by atoms with Crippen LogP contribution in [0.5, 0.6) is 5.88 Å². The van der Waals surface area contributed by atoms with Crippen molar-refractivity contribution < 1.29 is 18.0 Å². The Bertz CT molecular complexity index is 619. The summed E-state index contributed by atoms with van der Waals surface area (Å²) in [5.74, 6) is 5.73. The molecule has 0 amide bonds. The van der Waals surface area contributed by atoms with Crippen molar-refractivity contribution >= 4 is 22.7 Å². The van der Waals surface area contributed by atoms with E-state index in [1.807, 2.05) is 0 Å². The molecule has 1 unspecified atom stereocenters. The number of thiol groups is 1. The number of rotatable bonds is 4. The van der Waals surface area contributed by atoms with Crippen LogP contribution in [-0.4, -0.2) is 42.9 Å². The van der Waals surface area contributed by atoms with Crippen LogP contribution in [0.15, 0.2) is 23.2 Å². The van der Waals surface area contributed by atoms with E-state index in [-0.39, 0.29) is 29.9 Å². The molecule has 0 aromatic carbocycles. The van der Waals surface area contributed by atoms with E-state index in [0.29, 0.717) is 5.88 Å². The van der Waals surface area contributed by atoms with Gasteiger partial charge in [0.2, 0.25) is 5.88 Å². The molecule has 108 valence electrons. The lowest BCUT2D eigenvalue weighted by atomic mass is 10.5. The third-order valence-corrected chi connectivity index (χ3v) is 4.46. The van der Waals surface area contributed by atoms with E-state index in [1.165, 1.54) is 18.3 Å². The van der Waals surface area contributed by atoms with E-state index in [0.717, 1.165) is 4.47 Å². The van der Waals surface area contributed by atoms with Crippen LogP contribution in [0.2, 0.25) is 0 Å². The monoisotopic (exact) mass is 314 g/mol. The van der Waals surface area contributed by atoms with E-state index >= 15 is 0 Å². The SMILES string of the molecule is CC#CCOc1ccc(S(=O)(=O)N2CC(S)CO2)cn1. The maximum Gasteiger partial charge on any atom is 0.266 e. The molecule has 1 atom stereocenters. The van der Waals surface area contributed by atoms with Crippen molar-refractivity contribution in [3.63, 3.8) is 0 Å². The highest BCUT2D eigenvalue weighted by Gasteiger charge is 2.32. The van der Waals surface area contributed by atoms with Crippen LogP contribution in [0.4, 0.5) is 0 Å². The van der Waals surface area contributed by atoms with Gasteiger partial charge in [-0.15, -0.1) is 5.92 Å². The van der Waals surface area contributed by atoms with E-state index in [9.17, 15) is 8.42 Å². The highest BCUT2D eigenvalue weighted by molar-refractivity contribution is 7.89. The fourth-order valence-electron chi connectivity index (χ4n) is 1.52. The molecule has 6 nitrogen and oxygen atoms in total. The number of ether oxygens (including phenoxy) is 1. The molecule has 0 radical (unpaired) electrons. The zero-order chi connectivity index (χ0) is 14.6. The van der Waals surface area contributed by atoms with Gasteiger partial charge in [0.15, 0.2) is 6.61 Å². The van der Waals surface area contributed by atoms with Gasteiger partial charge in [0.05, 0.1) is 19.3 Å². The summed E-state index contributed by atoms with van der Waals surface area (Å²) in [5, 5.41) is -0.118. The molecule has 1 aromatic heterocycles. The molecule has 1 aliphatic rings. The minimum Gasteiger partial charge on any atom is -0.464 e. The molecule has 1 aliphatic heterocycles. The number of sulfonamides is 1. The normalized spacial score (nSPS) is 19.4. The van der Waals surface area contributed by atoms with Crippen LogP contribution < -0.4 is 4.74 Å². The molecule has 0 N–H and O–H groups in total. The number of hydrogen-bond acceptors (Lipinski definition) is 6. The smallest absolute Gasteiger partial charge is 0.266 e. The van der Waals surface area contributed by atoms with Crippen molar-refractivity contribution in [2.75, 3.05) is 19.8 Å². The molecule has 1 aromatic rings. The van der Waals surface area contributed by atoms with Crippen molar-refractivity contribution in [3.8, 4) is 17.7 Å². The van der Waals surface area contributed by atoms with Crippen LogP contribution in [0, 0.1) is 11.8 Å². The second kappa shape index (κ2) is 6.45. The summed E-state index contributed by atoms with van der Waals surface area (Å²) < 4.78 is 30.6. The predicted molar refractivity (Wildman–Crippen MR) is 75.8 cm³/mol. The summed E-state index contributed by atoms with van der Waals surface area (Å²) in [6.07, 6.45) is 1.24. The quantitative estimate of drug-likeness (QED) is 0.655. The number of hydrogen-bond donors (Lipinski definition) is 1. The number of hydroxylamine groups is 1. The summed E-state index contributed by atoms with van der Waals surface area (Å²) in [6.45, 7) is 2.41. The highest BCUT2D eigenvalue weighted by Crippen LogP contribution is 2.22. The van der Waals surface area contributed by atoms with Crippen molar-refractivity contribution in [3.05, 3.63) is 18.3 Å². The van der Waals surface area contributed by atoms with Crippen LogP contribution in [0.1, 0.15) is 6.92 Å². The van der Waals surface area contributed by atoms with E-state index < -0.39 is 10.0 Å². The molecule has 2 heterocycles. The summed E-state index contributed by atoms with van der Waals surface area (Å²) in [7, 11) is -3.70. The van der Waals surface area contributed by atoms with E-state index in [4.69, 9.17) is 9.57 Å². The zero-order valence-corrected chi connectivity index (χ0v) is 12.5. The third kappa shape index (κ3) is 3.43. The number of nitrogens with zero attached hydrogens (tertiary/aromatic N) is 2. The maximum atomic E-state index is 12.2. The Morgan fingerprint density at radius 2 is 2.40 bits per heavy atom. The molecule has 0 spiro atoms. The molecular weight excluding hydrogens is 300 g/mol. The topological polar surface area (TPSA) is 68.7 Å².